The van der Waals surface area contributed by atoms with Gasteiger partial charge in [0.1, 0.15) is 12.2 Å². The number of benzene rings is 1. The molecule has 1 saturated heterocycles. The van der Waals surface area contributed by atoms with Gasteiger partial charge in [0.25, 0.3) is 5.91 Å². The number of para-hydroxylation sites is 1. The van der Waals surface area contributed by atoms with Gasteiger partial charge in [0.2, 0.25) is 5.91 Å². The number of hydrogen-bond acceptors (Lipinski definition) is 4. The lowest BCUT2D eigenvalue weighted by Gasteiger charge is -2.34. The number of ether oxygens (including phenoxy) is 1. The first kappa shape index (κ1) is 14.9. The standard InChI is InChI=1S/C15H17N3O3/c16-7-6-14(19)17-8-10-18(11-9-17)15(20)12-21-13-4-2-1-3-5-13/h1-5H,6,8-12H2. The maximum atomic E-state index is 12.0. The Hall–Kier alpha value is -2.55. The Morgan fingerprint density at radius 1 is 1.05 bits per heavy atom. The second-order valence-electron chi connectivity index (χ2n) is 4.70. The number of piperazine rings is 1. The van der Waals surface area contributed by atoms with Crippen molar-refractivity contribution in [3.05, 3.63) is 30.3 Å². The van der Waals surface area contributed by atoms with Gasteiger partial charge in [-0.3, -0.25) is 9.59 Å². The number of amides is 2. The first-order valence-corrected chi connectivity index (χ1v) is 6.81. The van der Waals surface area contributed by atoms with Crippen molar-refractivity contribution in [1.82, 2.24) is 9.80 Å². The monoisotopic (exact) mass is 287 g/mol. The van der Waals surface area contributed by atoms with Crippen LogP contribution in [0.2, 0.25) is 0 Å². The van der Waals surface area contributed by atoms with Crippen molar-refractivity contribution >= 4 is 11.8 Å². The van der Waals surface area contributed by atoms with E-state index in [-0.39, 0.29) is 24.8 Å². The molecule has 2 rings (SSSR count). The average Bonchev–Trinajstić information content (AvgIpc) is 2.54. The van der Waals surface area contributed by atoms with Gasteiger partial charge in [0.15, 0.2) is 6.61 Å². The van der Waals surface area contributed by atoms with E-state index in [9.17, 15) is 9.59 Å². The lowest BCUT2D eigenvalue weighted by molar-refractivity contribution is -0.140. The zero-order valence-electron chi connectivity index (χ0n) is 11.7. The van der Waals surface area contributed by atoms with E-state index in [4.69, 9.17) is 10.00 Å². The third-order valence-electron chi connectivity index (χ3n) is 3.32. The molecule has 0 aliphatic carbocycles. The number of carbonyl (C=O) groups excluding carboxylic acids is 2. The van der Waals surface area contributed by atoms with Crippen LogP contribution < -0.4 is 4.74 Å². The highest BCUT2D eigenvalue weighted by Crippen LogP contribution is 2.09. The minimum absolute atomic E-state index is 0.00381. The smallest absolute Gasteiger partial charge is 0.260 e. The Bertz CT molecular complexity index is 531. The molecule has 0 atom stereocenters. The maximum absolute atomic E-state index is 12.0. The summed E-state index contributed by atoms with van der Waals surface area (Å²) in [6.07, 6.45) is -0.106. The fourth-order valence-electron chi connectivity index (χ4n) is 2.14. The van der Waals surface area contributed by atoms with Gasteiger partial charge in [-0.25, -0.2) is 0 Å². The van der Waals surface area contributed by atoms with E-state index in [0.717, 1.165) is 0 Å². The summed E-state index contributed by atoms with van der Waals surface area (Å²) in [6, 6.07) is 11.0. The molecular weight excluding hydrogens is 270 g/mol. The molecule has 21 heavy (non-hydrogen) atoms. The summed E-state index contributed by atoms with van der Waals surface area (Å²) < 4.78 is 5.42. The molecule has 1 aliphatic heterocycles. The third kappa shape index (κ3) is 4.21. The highest BCUT2D eigenvalue weighted by Gasteiger charge is 2.23. The molecule has 0 spiro atoms. The Morgan fingerprint density at radius 3 is 2.19 bits per heavy atom. The summed E-state index contributed by atoms with van der Waals surface area (Å²) in [5.74, 6) is 0.394. The van der Waals surface area contributed by atoms with Gasteiger partial charge in [-0.05, 0) is 12.1 Å². The van der Waals surface area contributed by atoms with Crippen molar-refractivity contribution < 1.29 is 14.3 Å². The number of nitrogens with zero attached hydrogens (tertiary/aromatic N) is 3. The summed E-state index contributed by atoms with van der Waals surface area (Å²) in [5.41, 5.74) is 0. The van der Waals surface area contributed by atoms with E-state index in [2.05, 4.69) is 0 Å². The number of hydrogen-bond donors (Lipinski definition) is 0. The van der Waals surface area contributed by atoms with Crippen LogP contribution in [0.3, 0.4) is 0 Å². The number of rotatable bonds is 4. The molecule has 0 unspecified atom stereocenters. The van der Waals surface area contributed by atoms with Crippen LogP contribution in [-0.4, -0.2) is 54.4 Å². The minimum atomic E-state index is -0.176. The molecule has 1 aliphatic rings. The fraction of sp³-hybridized carbons (Fsp3) is 0.400. The molecule has 1 aromatic carbocycles. The summed E-state index contributed by atoms with van der Waals surface area (Å²) in [4.78, 5) is 26.9. The molecule has 0 radical (unpaired) electrons. The SMILES string of the molecule is N#CCC(=O)N1CCN(C(=O)COc2ccccc2)CC1. The van der Waals surface area contributed by atoms with Crippen LogP contribution >= 0.6 is 0 Å². The van der Waals surface area contributed by atoms with Crippen LogP contribution in [0.4, 0.5) is 0 Å². The zero-order chi connectivity index (χ0) is 15.1. The Kier molecular flexibility index (Phi) is 5.16. The summed E-state index contributed by atoms with van der Waals surface area (Å²) in [5, 5.41) is 8.51. The average molecular weight is 287 g/mol. The van der Waals surface area contributed by atoms with Gasteiger partial charge < -0.3 is 14.5 Å². The third-order valence-corrected chi connectivity index (χ3v) is 3.32. The predicted octanol–water partition coefficient (Wildman–Crippen LogP) is 0.650. The topological polar surface area (TPSA) is 73.6 Å². The van der Waals surface area contributed by atoms with Gasteiger partial charge in [-0.2, -0.15) is 5.26 Å². The van der Waals surface area contributed by atoms with E-state index >= 15 is 0 Å². The van der Waals surface area contributed by atoms with Gasteiger partial charge in [0, 0.05) is 26.2 Å². The number of nitriles is 1. The lowest BCUT2D eigenvalue weighted by Crippen LogP contribution is -2.51. The van der Waals surface area contributed by atoms with E-state index in [1.807, 2.05) is 24.3 Å². The molecular formula is C15H17N3O3. The second kappa shape index (κ2) is 7.29. The van der Waals surface area contributed by atoms with Crippen molar-refractivity contribution in [2.75, 3.05) is 32.8 Å². The van der Waals surface area contributed by atoms with Crippen LogP contribution in [0.1, 0.15) is 6.42 Å². The molecule has 1 fully saturated rings. The summed E-state index contributed by atoms with van der Waals surface area (Å²) >= 11 is 0. The summed E-state index contributed by atoms with van der Waals surface area (Å²) in [6.45, 7) is 1.90. The molecule has 0 saturated carbocycles. The first-order chi connectivity index (χ1) is 10.2. The zero-order valence-corrected chi connectivity index (χ0v) is 11.7. The Balaban J connectivity index is 1.76. The molecule has 1 heterocycles. The fourth-order valence-corrected chi connectivity index (χ4v) is 2.14. The van der Waals surface area contributed by atoms with Crippen molar-refractivity contribution in [2.45, 2.75) is 6.42 Å². The van der Waals surface area contributed by atoms with Crippen molar-refractivity contribution in [2.24, 2.45) is 0 Å². The van der Waals surface area contributed by atoms with Crippen molar-refractivity contribution in [3.63, 3.8) is 0 Å². The van der Waals surface area contributed by atoms with Crippen molar-refractivity contribution in [3.8, 4) is 11.8 Å². The molecule has 1 aromatic rings. The van der Waals surface area contributed by atoms with E-state index in [1.54, 1.807) is 21.9 Å². The van der Waals surface area contributed by atoms with Crippen LogP contribution in [0.25, 0.3) is 0 Å². The molecule has 0 bridgehead atoms. The second-order valence-corrected chi connectivity index (χ2v) is 4.70. The van der Waals surface area contributed by atoms with Crippen LogP contribution in [0.5, 0.6) is 5.75 Å². The van der Waals surface area contributed by atoms with E-state index < -0.39 is 0 Å². The van der Waals surface area contributed by atoms with E-state index in [1.165, 1.54) is 0 Å². The van der Waals surface area contributed by atoms with Crippen LogP contribution in [0.15, 0.2) is 30.3 Å². The quantitative estimate of drug-likeness (QED) is 0.815. The van der Waals surface area contributed by atoms with E-state index in [0.29, 0.717) is 31.9 Å². The normalized spacial score (nSPS) is 14.4. The van der Waals surface area contributed by atoms with Crippen LogP contribution in [-0.2, 0) is 9.59 Å². The number of carbonyl (C=O) groups is 2. The highest BCUT2D eigenvalue weighted by atomic mass is 16.5. The van der Waals surface area contributed by atoms with Crippen LogP contribution in [0, 0.1) is 11.3 Å². The molecule has 0 N–H and O–H groups in total. The Morgan fingerprint density at radius 2 is 1.62 bits per heavy atom. The van der Waals surface area contributed by atoms with Gasteiger partial charge in [-0.15, -0.1) is 0 Å². The lowest BCUT2D eigenvalue weighted by atomic mass is 10.3. The predicted molar refractivity (Wildman–Crippen MR) is 75.3 cm³/mol. The largest absolute Gasteiger partial charge is 0.484 e. The maximum Gasteiger partial charge on any atom is 0.260 e. The van der Waals surface area contributed by atoms with Crippen molar-refractivity contribution in [1.29, 1.82) is 5.26 Å². The Labute approximate surface area is 123 Å². The minimum Gasteiger partial charge on any atom is -0.484 e. The molecule has 6 heteroatoms. The van der Waals surface area contributed by atoms with Gasteiger partial charge in [-0.1, -0.05) is 18.2 Å². The molecule has 110 valence electrons. The molecule has 6 nitrogen and oxygen atoms in total. The first-order valence-electron chi connectivity index (χ1n) is 6.81. The van der Waals surface area contributed by atoms with Gasteiger partial charge >= 0.3 is 0 Å². The molecule has 2 amide bonds. The van der Waals surface area contributed by atoms with Gasteiger partial charge in [0.05, 0.1) is 6.07 Å². The summed E-state index contributed by atoms with van der Waals surface area (Å²) in [7, 11) is 0. The molecule has 0 aromatic heterocycles. The highest BCUT2D eigenvalue weighted by molar-refractivity contribution is 5.80.